The zero-order valence-corrected chi connectivity index (χ0v) is 15.0. The molecule has 9 heteroatoms. The van der Waals surface area contributed by atoms with E-state index in [0.29, 0.717) is 21.9 Å². The largest absolute Gasteiger partial charge is 0.465 e. The van der Waals surface area contributed by atoms with Crippen LogP contribution in [0.3, 0.4) is 0 Å². The Bertz CT molecular complexity index is 816. The minimum Gasteiger partial charge on any atom is -0.465 e. The number of carbonyl (C=O) groups excluding carboxylic acids is 2. The number of aromatic nitrogens is 1. The van der Waals surface area contributed by atoms with Gasteiger partial charge in [-0.05, 0) is 19.1 Å². The summed E-state index contributed by atoms with van der Waals surface area (Å²) in [6, 6.07) is 6.82. The summed E-state index contributed by atoms with van der Waals surface area (Å²) in [6.45, 7) is 1.68. The monoisotopic (exact) mass is 363 g/mol. The normalized spacial score (nSPS) is 11.0. The Labute approximate surface area is 148 Å². The molecular weight excluding hydrogens is 346 g/mol. The average Bonchev–Trinajstić information content (AvgIpc) is 2.99. The van der Waals surface area contributed by atoms with Gasteiger partial charge in [0, 0.05) is 7.05 Å². The summed E-state index contributed by atoms with van der Waals surface area (Å²) >= 11 is 1.06. The summed E-state index contributed by atoms with van der Waals surface area (Å²) < 4.78 is 10.5. The maximum Gasteiger partial charge on any atom is 0.350 e. The number of nitrogens with zero attached hydrogens (tertiary/aromatic N) is 2. The van der Waals surface area contributed by atoms with E-state index in [9.17, 15) is 9.59 Å². The quantitative estimate of drug-likeness (QED) is 0.479. The van der Waals surface area contributed by atoms with E-state index in [-0.39, 0.29) is 10.9 Å². The van der Waals surface area contributed by atoms with Crippen LogP contribution < -0.4 is 10.1 Å². The van der Waals surface area contributed by atoms with Crippen LogP contribution in [0.5, 0.6) is 10.9 Å². The number of rotatable bonds is 6. The van der Waals surface area contributed by atoms with E-state index in [0.717, 1.165) is 11.3 Å². The molecule has 25 heavy (non-hydrogen) atoms. The first-order valence-corrected chi connectivity index (χ1v) is 7.99. The molecule has 0 fully saturated rings. The highest BCUT2D eigenvalue weighted by atomic mass is 32.1. The summed E-state index contributed by atoms with van der Waals surface area (Å²) in [7, 11) is 4.14. The molecule has 132 valence electrons. The summed E-state index contributed by atoms with van der Waals surface area (Å²) in [6.07, 6.45) is 0. The van der Waals surface area contributed by atoms with Gasteiger partial charge >= 0.3 is 5.97 Å². The fourth-order valence-corrected chi connectivity index (χ4v) is 2.81. The van der Waals surface area contributed by atoms with Crippen molar-refractivity contribution >= 4 is 28.9 Å². The van der Waals surface area contributed by atoms with Gasteiger partial charge in [0.05, 0.1) is 18.4 Å². The van der Waals surface area contributed by atoms with E-state index >= 15 is 0 Å². The van der Waals surface area contributed by atoms with Gasteiger partial charge in [-0.3, -0.25) is 4.79 Å². The second kappa shape index (κ2) is 8.25. The molecule has 1 heterocycles. The van der Waals surface area contributed by atoms with Gasteiger partial charge in [0.25, 0.3) is 11.1 Å². The lowest BCUT2D eigenvalue weighted by Crippen LogP contribution is -2.28. The smallest absolute Gasteiger partial charge is 0.350 e. The fourth-order valence-electron chi connectivity index (χ4n) is 1.97. The molecule has 1 aromatic heterocycles. The van der Waals surface area contributed by atoms with Crippen LogP contribution >= 0.6 is 11.3 Å². The number of amides is 1. The Hall–Kier alpha value is -2.94. The number of ether oxygens (including phenoxy) is 2. The van der Waals surface area contributed by atoms with E-state index in [2.05, 4.69) is 15.5 Å². The van der Waals surface area contributed by atoms with Crippen LogP contribution in [0.15, 0.2) is 29.4 Å². The first-order valence-electron chi connectivity index (χ1n) is 7.18. The van der Waals surface area contributed by atoms with Crippen LogP contribution in [0.4, 0.5) is 0 Å². The maximum absolute atomic E-state index is 12.0. The summed E-state index contributed by atoms with van der Waals surface area (Å²) in [5, 5.41) is 6.51. The van der Waals surface area contributed by atoms with Gasteiger partial charge in [0.1, 0.15) is 17.7 Å². The Morgan fingerprint density at radius 1 is 1.24 bits per heavy atom. The van der Waals surface area contributed by atoms with Crippen molar-refractivity contribution in [3.8, 4) is 10.9 Å². The standard InChI is InChI=1S/C16H17N3O5S/c1-9-13(15(21)22-3)25-16(18-9)24-11-8-6-5-7-10(11)12(19-23-4)14(20)17-2/h5-8H,1-4H3,(H,17,20)/b19-12+. The van der Waals surface area contributed by atoms with Crippen molar-refractivity contribution < 1.29 is 23.9 Å². The third-order valence-corrected chi connectivity index (χ3v) is 4.13. The Balaban J connectivity index is 2.40. The molecule has 0 bridgehead atoms. The number of likely N-dealkylation sites (N-methyl/N-ethyl adjacent to an activating group) is 1. The van der Waals surface area contributed by atoms with Gasteiger partial charge in [-0.1, -0.05) is 28.6 Å². The van der Waals surface area contributed by atoms with Gasteiger partial charge in [-0.25, -0.2) is 9.78 Å². The van der Waals surface area contributed by atoms with Gasteiger partial charge in [-0.15, -0.1) is 0 Å². The maximum atomic E-state index is 12.0. The van der Waals surface area contributed by atoms with Gasteiger partial charge in [0.2, 0.25) is 0 Å². The molecule has 0 radical (unpaired) electrons. The number of aryl methyl sites for hydroxylation is 1. The van der Waals surface area contributed by atoms with E-state index in [1.807, 2.05) is 0 Å². The van der Waals surface area contributed by atoms with Crippen molar-refractivity contribution in [2.75, 3.05) is 21.3 Å². The van der Waals surface area contributed by atoms with Gasteiger partial charge in [0.15, 0.2) is 5.71 Å². The molecule has 8 nitrogen and oxygen atoms in total. The fraction of sp³-hybridized carbons (Fsp3) is 0.250. The van der Waals surface area contributed by atoms with Gasteiger partial charge < -0.3 is 19.6 Å². The predicted molar refractivity (Wildman–Crippen MR) is 92.3 cm³/mol. The molecular formula is C16H17N3O5S. The number of oxime groups is 1. The Morgan fingerprint density at radius 2 is 1.96 bits per heavy atom. The van der Waals surface area contributed by atoms with Crippen molar-refractivity contribution in [3.63, 3.8) is 0 Å². The number of benzene rings is 1. The zero-order valence-electron chi connectivity index (χ0n) is 14.2. The van der Waals surface area contributed by atoms with Crippen LogP contribution in [0.1, 0.15) is 20.9 Å². The second-order valence-electron chi connectivity index (χ2n) is 4.69. The highest BCUT2D eigenvalue weighted by Crippen LogP contribution is 2.31. The van der Waals surface area contributed by atoms with Crippen molar-refractivity contribution in [3.05, 3.63) is 40.4 Å². The highest BCUT2D eigenvalue weighted by Gasteiger charge is 2.21. The molecule has 0 atom stereocenters. The van der Waals surface area contributed by atoms with Crippen LogP contribution in [0.25, 0.3) is 0 Å². The second-order valence-corrected chi connectivity index (χ2v) is 5.65. The number of thiazole rings is 1. The lowest BCUT2D eigenvalue weighted by Gasteiger charge is -2.10. The minimum atomic E-state index is -0.481. The van der Waals surface area contributed by atoms with Gasteiger partial charge in [-0.2, -0.15) is 0 Å². The van der Waals surface area contributed by atoms with Crippen LogP contribution in [-0.4, -0.2) is 43.8 Å². The summed E-state index contributed by atoms with van der Waals surface area (Å²) in [5.41, 5.74) is 0.986. The third-order valence-electron chi connectivity index (χ3n) is 3.11. The molecule has 2 aromatic rings. The molecule has 0 aliphatic rings. The minimum absolute atomic E-state index is 0.0575. The molecule has 2 rings (SSSR count). The van der Waals surface area contributed by atoms with Crippen molar-refractivity contribution in [2.24, 2.45) is 5.16 Å². The van der Waals surface area contributed by atoms with Crippen molar-refractivity contribution in [2.45, 2.75) is 6.92 Å². The van der Waals surface area contributed by atoms with Crippen LogP contribution in [-0.2, 0) is 14.4 Å². The Kier molecular flexibility index (Phi) is 6.07. The molecule has 0 saturated heterocycles. The SMILES string of the molecule is CNC(=O)/C(=N/OC)c1ccccc1Oc1nc(C)c(C(=O)OC)s1. The van der Waals surface area contributed by atoms with E-state index in [4.69, 9.17) is 14.3 Å². The predicted octanol–water partition coefficient (Wildman–Crippen LogP) is 2.13. The van der Waals surface area contributed by atoms with Crippen LogP contribution in [0, 0.1) is 6.92 Å². The lowest BCUT2D eigenvalue weighted by molar-refractivity contribution is -0.114. The number of hydrogen-bond acceptors (Lipinski definition) is 8. The van der Waals surface area contributed by atoms with E-state index in [1.165, 1.54) is 21.3 Å². The first-order chi connectivity index (χ1) is 12.0. The molecule has 0 spiro atoms. The molecule has 1 N–H and O–H groups in total. The number of methoxy groups -OCH3 is 1. The summed E-state index contributed by atoms with van der Waals surface area (Å²) in [5.74, 6) is -0.555. The van der Waals surface area contributed by atoms with Crippen LogP contribution in [0.2, 0.25) is 0 Å². The number of esters is 1. The average molecular weight is 363 g/mol. The number of para-hydroxylation sites is 1. The topological polar surface area (TPSA) is 99.1 Å². The molecule has 1 amide bonds. The molecule has 0 aliphatic carbocycles. The zero-order chi connectivity index (χ0) is 18.4. The third kappa shape index (κ3) is 4.13. The molecule has 0 aliphatic heterocycles. The molecule has 0 saturated carbocycles. The number of hydrogen-bond donors (Lipinski definition) is 1. The number of carbonyl (C=O) groups is 2. The number of nitrogens with one attached hydrogen (secondary N) is 1. The van der Waals surface area contributed by atoms with Crippen molar-refractivity contribution in [1.29, 1.82) is 0 Å². The summed E-state index contributed by atoms with van der Waals surface area (Å²) in [4.78, 5) is 33.1. The van der Waals surface area contributed by atoms with E-state index in [1.54, 1.807) is 31.2 Å². The molecule has 0 unspecified atom stereocenters. The van der Waals surface area contributed by atoms with Crippen molar-refractivity contribution in [1.82, 2.24) is 10.3 Å². The first kappa shape index (κ1) is 18.4. The van der Waals surface area contributed by atoms with E-state index < -0.39 is 11.9 Å². The molecule has 1 aromatic carbocycles. The highest BCUT2D eigenvalue weighted by molar-refractivity contribution is 7.15. The Morgan fingerprint density at radius 3 is 2.60 bits per heavy atom. The lowest BCUT2D eigenvalue weighted by atomic mass is 10.1.